The Labute approximate surface area is 214 Å². The molecule has 5 rings (SSSR count). The van der Waals surface area contributed by atoms with Crippen LogP contribution in [-0.4, -0.2) is 59.8 Å². The molecule has 1 aromatic heterocycles. The van der Waals surface area contributed by atoms with Crippen LogP contribution in [0, 0.1) is 12.7 Å². The molecule has 3 aromatic carbocycles. The lowest BCUT2D eigenvalue weighted by Gasteiger charge is -2.15. The van der Waals surface area contributed by atoms with Crippen molar-refractivity contribution in [2.45, 2.75) is 24.7 Å². The van der Waals surface area contributed by atoms with Crippen LogP contribution in [0.4, 0.5) is 16.0 Å². The standard InChI is InChI=1S/C26H27FN6O3S/c1-17-15-18(21-5-4-6-23(34)24(21)27)16-22-25(17)30-26(32-31-22)29-19-7-9-20(10-8-19)37(35,36)28-11-14-33-12-2-3-13-33/h4-10,15-16,28,34H,2-3,11-14H2,1H3,(H,29,30,32). The molecule has 0 bridgehead atoms. The van der Waals surface area contributed by atoms with Crippen LogP contribution in [0.2, 0.25) is 0 Å². The summed E-state index contributed by atoms with van der Waals surface area (Å²) in [5.74, 6) is -0.880. The van der Waals surface area contributed by atoms with E-state index in [2.05, 4.69) is 30.1 Å². The number of aromatic nitrogens is 3. The van der Waals surface area contributed by atoms with Crippen molar-refractivity contribution in [1.82, 2.24) is 24.8 Å². The molecule has 0 radical (unpaired) electrons. The zero-order valence-corrected chi connectivity index (χ0v) is 21.1. The van der Waals surface area contributed by atoms with E-state index in [9.17, 15) is 17.9 Å². The van der Waals surface area contributed by atoms with Gasteiger partial charge in [0.25, 0.3) is 0 Å². The molecule has 1 aliphatic rings. The number of rotatable bonds is 8. The molecule has 192 valence electrons. The Morgan fingerprint density at radius 3 is 2.57 bits per heavy atom. The van der Waals surface area contributed by atoms with Crippen molar-refractivity contribution in [2.75, 3.05) is 31.5 Å². The normalized spacial score (nSPS) is 14.3. The zero-order chi connectivity index (χ0) is 26.0. The molecule has 1 fully saturated rings. The van der Waals surface area contributed by atoms with Gasteiger partial charge < -0.3 is 15.3 Å². The van der Waals surface area contributed by atoms with Crippen LogP contribution in [0.25, 0.3) is 22.2 Å². The molecule has 0 unspecified atom stereocenters. The molecule has 1 aliphatic heterocycles. The van der Waals surface area contributed by atoms with E-state index in [4.69, 9.17) is 0 Å². The van der Waals surface area contributed by atoms with Gasteiger partial charge in [-0.1, -0.05) is 12.1 Å². The number of aryl methyl sites for hydroxylation is 1. The number of likely N-dealkylation sites (tertiary alicyclic amines) is 1. The number of nitrogens with one attached hydrogen (secondary N) is 2. The first-order chi connectivity index (χ1) is 17.8. The quantitative estimate of drug-likeness (QED) is 0.318. The number of phenols is 1. The summed E-state index contributed by atoms with van der Waals surface area (Å²) in [5.41, 5.74) is 3.24. The van der Waals surface area contributed by atoms with Gasteiger partial charge in [-0.15, -0.1) is 10.2 Å². The Balaban J connectivity index is 1.29. The third kappa shape index (κ3) is 5.53. The second kappa shape index (κ2) is 10.4. The lowest BCUT2D eigenvalue weighted by molar-refractivity contribution is 0.344. The van der Waals surface area contributed by atoms with Crippen molar-refractivity contribution < 1.29 is 17.9 Å². The Morgan fingerprint density at radius 2 is 1.81 bits per heavy atom. The Morgan fingerprint density at radius 1 is 1.05 bits per heavy atom. The van der Waals surface area contributed by atoms with E-state index in [1.54, 1.807) is 36.4 Å². The van der Waals surface area contributed by atoms with Crippen molar-refractivity contribution in [2.24, 2.45) is 0 Å². The van der Waals surface area contributed by atoms with E-state index in [0.717, 1.165) is 31.5 Å². The molecule has 2 heterocycles. The van der Waals surface area contributed by atoms with Gasteiger partial charge >= 0.3 is 0 Å². The van der Waals surface area contributed by atoms with Crippen molar-refractivity contribution in [3.05, 3.63) is 66.0 Å². The number of anilines is 2. The number of hydrogen-bond donors (Lipinski definition) is 3. The van der Waals surface area contributed by atoms with Crippen LogP contribution in [0.5, 0.6) is 5.75 Å². The number of hydrogen-bond acceptors (Lipinski definition) is 8. The fourth-order valence-corrected chi connectivity index (χ4v) is 5.46. The third-order valence-corrected chi connectivity index (χ3v) is 7.86. The number of halogens is 1. The van der Waals surface area contributed by atoms with Gasteiger partial charge in [-0.2, -0.15) is 0 Å². The SMILES string of the molecule is Cc1cc(-c2cccc(O)c2F)cc2nnc(Nc3ccc(S(=O)(=O)NCCN4CCCC4)cc3)nc12. The third-order valence-electron chi connectivity index (χ3n) is 6.38. The largest absolute Gasteiger partial charge is 0.505 e. The summed E-state index contributed by atoms with van der Waals surface area (Å²) in [6, 6.07) is 14.2. The Kier molecular flexibility index (Phi) is 7.00. The molecule has 3 N–H and O–H groups in total. The highest BCUT2D eigenvalue weighted by Crippen LogP contribution is 2.31. The number of phenolic OH excluding ortho intramolecular Hbond substituents is 1. The van der Waals surface area contributed by atoms with E-state index in [-0.39, 0.29) is 16.4 Å². The van der Waals surface area contributed by atoms with E-state index < -0.39 is 21.6 Å². The first kappa shape index (κ1) is 25.0. The fourth-order valence-electron chi connectivity index (χ4n) is 4.44. The van der Waals surface area contributed by atoms with Crippen LogP contribution in [0.1, 0.15) is 18.4 Å². The molecule has 37 heavy (non-hydrogen) atoms. The van der Waals surface area contributed by atoms with E-state index in [1.165, 1.54) is 18.2 Å². The van der Waals surface area contributed by atoms with Gasteiger partial charge in [-0.05, 0) is 86.4 Å². The summed E-state index contributed by atoms with van der Waals surface area (Å²) < 4.78 is 42.3. The van der Waals surface area contributed by atoms with Crippen LogP contribution in [-0.2, 0) is 10.0 Å². The highest BCUT2D eigenvalue weighted by molar-refractivity contribution is 7.89. The predicted molar refractivity (Wildman–Crippen MR) is 140 cm³/mol. The Bertz CT molecular complexity index is 1540. The zero-order valence-electron chi connectivity index (χ0n) is 20.3. The molecular weight excluding hydrogens is 495 g/mol. The monoisotopic (exact) mass is 522 g/mol. The fraction of sp³-hybridized carbons (Fsp3) is 0.269. The lowest BCUT2D eigenvalue weighted by atomic mass is 10.0. The highest BCUT2D eigenvalue weighted by Gasteiger charge is 2.17. The minimum absolute atomic E-state index is 0.180. The number of aromatic hydroxyl groups is 1. The molecule has 0 spiro atoms. The summed E-state index contributed by atoms with van der Waals surface area (Å²) >= 11 is 0. The summed E-state index contributed by atoms with van der Waals surface area (Å²) in [5, 5.41) is 21.1. The lowest BCUT2D eigenvalue weighted by Crippen LogP contribution is -2.33. The predicted octanol–water partition coefficient (Wildman–Crippen LogP) is 3.96. The average Bonchev–Trinajstić information content (AvgIpc) is 3.40. The second-order valence-electron chi connectivity index (χ2n) is 9.03. The molecule has 0 atom stereocenters. The van der Waals surface area contributed by atoms with E-state index >= 15 is 0 Å². The first-order valence-corrected chi connectivity index (χ1v) is 13.5. The number of sulfonamides is 1. The van der Waals surface area contributed by atoms with Crippen molar-refractivity contribution in [1.29, 1.82) is 0 Å². The van der Waals surface area contributed by atoms with Gasteiger partial charge in [0.2, 0.25) is 16.0 Å². The maximum Gasteiger partial charge on any atom is 0.247 e. The smallest absolute Gasteiger partial charge is 0.247 e. The van der Waals surface area contributed by atoms with Crippen LogP contribution < -0.4 is 10.0 Å². The maximum atomic E-state index is 14.4. The van der Waals surface area contributed by atoms with Gasteiger partial charge in [0.05, 0.1) is 10.4 Å². The molecule has 0 amide bonds. The van der Waals surface area contributed by atoms with Gasteiger partial charge in [0.15, 0.2) is 11.6 Å². The van der Waals surface area contributed by atoms with Gasteiger partial charge in [-0.3, -0.25) is 0 Å². The topological polar surface area (TPSA) is 120 Å². The minimum atomic E-state index is -3.60. The van der Waals surface area contributed by atoms with Crippen LogP contribution >= 0.6 is 0 Å². The average molecular weight is 523 g/mol. The van der Waals surface area contributed by atoms with Gasteiger partial charge in [0, 0.05) is 24.3 Å². The summed E-state index contributed by atoms with van der Waals surface area (Å²) in [6.45, 7) is 4.95. The van der Waals surface area contributed by atoms with Gasteiger partial charge in [-0.25, -0.2) is 22.5 Å². The molecular formula is C26H27FN6O3S. The maximum absolute atomic E-state index is 14.4. The molecule has 11 heteroatoms. The minimum Gasteiger partial charge on any atom is -0.505 e. The summed E-state index contributed by atoms with van der Waals surface area (Å²) in [4.78, 5) is 6.96. The highest BCUT2D eigenvalue weighted by atomic mass is 32.2. The molecule has 0 saturated carbocycles. The van der Waals surface area contributed by atoms with Crippen molar-refractivity contribution >= 4 is 32.7 Å². The van der Waals surface area contributed by atoms with Crippen molar-refractivity contribution in [3.63, 3.8) is 0 Å². The van der Waals surface area contributed by atoms with E-state index in [1.807, 2.05) is 6.92 Å². The van der Waals surface area contributed by atoms with Crippen LogP contribution in [0.3, 0.4) is 0 Å². The molecule has 0 aliphatic carbocycles. The first-order valence-electron chi connectivity index (χ1n) is 12.0. The molecule has 9 nitrogen and oxygen atoms in total. The second-order valence-corrected chi connectivity index (χ2v) is 10.8. The van der Waals surface area contributed by atoms with Crippen LogP contribution in [0.15, 0.2) is 59.5 Å². The Hall–Kier alpha value is -3.67. The van der Waals surface area contributed by atoms with Gasteiger partial charge in [0.1, 0.15) is 5.52 Å². The van der Waals surface area contributed by atoms with E-state index in [0.29, 0.717) is 35.4 Å². The summed E-state index contributed by atoms with van der Waals surface area (Å²) in [7, 11) is -3.60. The molecule has 4 aromatic rings. The number of fused-ring (bicyclic) bond motifs is 1. The van der Waals surface area contributed by atoms with Crippen molar-refractivity contribution in [3.8, 4) is 16.9 Å². The summed E-state index contributed by atoms with van der Waals surface area (Å²) in [6.07, 6.45) is 2.33. The number of benzene rings is 3. The number of nitrogens with zero attached hydrogens (tertiary/aromatic N) is 4. The molecule has 1 saturated heterocycles.